The first-order valence-corrected chi connectivity index (χ1v) is 9.90. The molecule has 2 N–H and O–H groups in total. The van der Waals surface area contributed by atoms with Gasteiger partial charge in [-0.2, -0.15) is 0 Å². The normalized spacial score (nSPS) is 11.8. The summed E-state index contributed by atoms with van der Waals surface area (Å²) >= 11 is 1.73. The number of nitrogens with one attached hydrogen (secondary N) is 2. The summed E-state index contributed by atoms with van der Waals surface area (Å²) in [5.74, 6) is 3.14. The van der Waals surface area contributed by atoms with E-state index in [1.807, 2.05) is 24.5 Å². The molecule has 1 aromatic carbocycles. The van der Waals surface area contributed by atoms with Crippen LogP contribution in [0.1, 0.15) is 26.1 Å². The second-order valence-corrected chi connectivity index (χ2v) is 7.57. The Kier molecular flexibility index (Phi) is 8.47. The maximum atomic E-state index is 12.9. The molecule has 142 valence electrons. The molecule has 5 nitrogen and oxygen atoms in total. The van der Waals surface area contributed by atoms with Gasteiger partial charge in [0, 0.05) is 37.4 Å². The molecule has 2 rings (SSSR count). The Hall–Kier alpha value is -2.02. The van der Waals surface area contributed by atoms with Crippen LogP contribution in [0.5, 0.6) is 0 Å². The molecule has 0 spiro atoms. The molecule has 26 heavy (non-hydrogen) atoms. The fourth-order valence-electron chi connectivity index (χ4n) is 2.45. The van der Waals surface area contributed by atoms with E-state index in [1.165, 1.54) is 12.1 Å². The molecule has 1 aromatic heterocycles. The van der Waals surface area contributed by atoms with E-state index in [9.17, 15) is 4.39 Å². The van der Waals surface area contributed by atoms with Crippen LogP contribution in [0.2, 0.25) is 0 Å². The van der Waals surface area contributed by atoms with Crippen molar-refractivity contribution in [2.75, 3.05) is 19.3 Å². The topological polar surface area (TPSA) is 54.2 Å². The van der Waals surface area contributed by atoms with Crippen LogP contribution in [-0.4, -0.2) is 34.9 Å². The standard InChI is InChI=1S/C19H28FN5S/c1-15(2)14-25-11-10-22-18(25)13-24-19(21-3)23-9-4-12-26-17-7-5-16(20)6-8-17/h5-8,10-11,15H,4,9,12-14H2,1-3H3,(H2,21,23,24). The highest BCUT2D eigenvalue weighted by molar-refractivity contribution is 7.99. The van der Waals surface area contributed by atoms with Gasteiger partial charge in [-0.1, -0.05) is 13.8 Å². The molecule has 0 amide bonds. The van der Waals surface area contributed by atoms with Gasteiger partial charge in [-0.3, -0.25) is 4.99 Å². The molecular formula is C19H28FN5S. The molecule has 0 fully saturated rings. The third-order valence-electron chi connectivity index (χ3n) is 3.70. The molecule has 0 bridgehead atoms. The highest BCUT2D eigenvalue weighted by atomic mass is 32.2. The summed E-state index contributed by atoms with van der Waals surface area (Å²) in [6, 6.07) is 6.62. The average molecular weight is 378 g/mol. The number of imidazole rings is 1. The van der Waals surface area contributed by atoms with Gasteiger partial charge in [0.15, 0.2) is 5.96 Å². The first-order chi connectivity index (χ1) is 12.6. The van der Waals surface area contributed by atoms with E-state index in [-0.39, 0.29) is 5.82 Å². The Labute approximate surface area is 159 Å². The number of aliphatic imine (C=N–C) groups is 1. The first kappa shape index (κ1) is 20.3. The molecular weight excluding hydrogens is 349 g/mol. The number of nitrogens with zero attached hydrogens (tertiary/aromatic N) is 3. The van der Waals surface area contributed by atoms with Gasteiger partial charge in [-0.05, 0) is 42.4 Å². The van der Waals surface area contributed by atoms with Gasteiger partial charge in [-0.25, -0.2) is 9.37 Å². The number of hydrogen-bond acceptors (Lipinski definition) is 3. The summed E-state index contributed by atoms with van der Waals surface area (Å²) in [5.41, 5.74) is 0. The van der Waals surface area contributed by atoms with Crippen molar-refractivity contribution in [3.63, 3.8) is 0 Å². The highest BCUT2D eigenvalue weighted by Gasteiger charge is 2.05. The van der Waals surface area contributed by atoms with Crippen LogP contribution in [-0.2, 0) is 13.1 Å². The van der Waals surface area contributed by atoms with Gasteiger partial charge in [0.1, 0.15) is 11.6 Å². The summed E-state index contributed by atoms with van der Waals surface area (Å²) < 4.78 is 15.0. The molecule has 1 heterocycles. The fourth-order valence-corrected chi connectivity index (χ4v) is 3.30. The minimum absolute atomic E-state index is 0.195. The van der Waals surface area contributed by atoms with Crippen molar-refractivity contribution >= 4 is 17.7 Å². The number of aromatic nitrogens is 2. The Balaban J connectivity index is 1.66. The molecule has 0 unspecified atom stereocenters. The molecule has 0 atom stereocenters. The lowest BCUT2D eigenvalue weighted by Crippen LogP contribution is -2.38. The number of halogens is 1. The Morgan fingerprint density at radius 3 is 2.73 bits per heavy atom. The van der Waals surface area contributed by atoms with Crippen molar-refractivity contribution in [2.45, 2.75) is 38.3 Å². The minimum Gasteiger partial charge on any atom is -0.356 e. The van der Waals surface area contributed by atoms with Crippen LogP contribution in [0.4, 0.5) is 4.39 Å². The van der Waals surface area contributed by atoms with E-state index >= 15 is 0 Å². The third-order valence-corrected chi connectivity index (χ3v) is 4.80. The zero-order valence-corrected chi connectivity index (χ0v) is 16.5. The number of hydrogen-bond donors (Lipinski definition) is 2. The number of guanidine groups is 1. The van der Waals surface area contributed by atoms with Crippen molar-refractivity contribution in [1.29, 1.82) is 0 Å². The first-order valence-electron chi connectivity index (χ1n) is 8.91. The van der Waals surface area contributed by atoms with Crippen molar-refractivity contribution in [3.8, 4) is 0 Å². The van der Waals surface area contributed by atoms with Gasteiger partial charge in [0.25, 0.3) is 0 Å². The van der Waals surface area contributed by atoms with Crippen LogP contribution in [0.25, 0.3) is 0 Å². The molecule has 0 radical (unpaired) electrons. The maximum absolute atomic E-state index is 12.9. The van der Waals surface area contributed by atoms with Gasteiger partial charge >= 0.3 is 0 Å². The Morgan fingerprint density at radius 1 is 1.27 bits per heavy atom. The molecule has 2 aromatic rings. The largest absolute Gasteiger partial charge is 0.356 e. The van der Waals surface area contributed by atoms with Gasteiger partial charge < -0.3 is 15.2 Å². The number of rotatable bonds is 9. The van der Waals surface area contributed by atoms with Gasteiger partial charge in [-0.15, -0.1) is 11.8 Å². The highest BCUT2D eigenvalue weighted by Crippen LogP contribution is 2.18. The van der Waals surface area contributed by atoms with Crippen LogP contribution >= 0.6 is 11.8 Å². The van der Waals surface area contributed by atoms with Gasteiger partial charge in [0.2, 0.25) is 0 Å². The van der Waals surface area contributed by atoms with E-state index in [0.717, 1.165) is 41.9 Å². The monoisotopic (exact) mass is 377 g/mol. The quantitative estimate of drug-likeness (QED) is 0.304. The van der Waals surface area contributed by atoms with Crippen LogP contribution in [0.15, 0.2) is 46.5 Å². The van der Waals surface area contributed by atoms with Gasteiger partial charge in [0.05, 0.1) is 6.54 Å². The predicted molar refractivity (Wildman–Crippen MR) is 107 cm³/mol. The maximum Gasteiger partial charge on any atom is 0.191 e. The molecule has 0 aliphatic carbocycles. The lowest BCUT2D eigenvalue weighted by atomic mass is 10.2. The van der Waals surface area contributed by atoms with Crippen molar-refractivity contribution in [1.82, 2.24) is 20.2 Å². The molecule has 0 saturated carbocycles. The summed E-state index contributed by atoms with van der Waals surface area (Å²) in [5, 5.41) is 6.62. The van der Waals surface area contributed by atoms with Crippen LogP contribution in [0.3, 0.4) is 0 Å². The average Bonchev–Trinajstić information content (AvgIpc) is 3.05. The zero-order chi connectivity index (χ0) is 18.8. The van der Waals surface area contributed by atoms with E-state index in [1.54, 1.807) is 18.8 Å². The van der Waals surface area contributed by atoms with E-state index in [2.05, 4.69) is 39.0 Å². The van der Waals surface area contributed by atoms with Crippen molar-refractivity contribution in [3.05, 3.63) is 48.3 Å². The lowest BCUT2D eigenvalue weighted by Gasteiger charge is -2.14. The Bertz CT molecular complexity index is 681. The summed E-state index contributed by atoms with van der Waals surface area (Å²) in [6.45, 7) is 6.82. The van der Waals surface area contributed by atoms with Crippen molar-refractivity contribution < 1.29 is 4.39 Å². The zero-order valence-electron chi connectivity index (χ0n) is 15.7. The molecule has 0 aliphatic heterocycles. The summed E-state index contributed by atoms with van der Waals surface area (Å²) in [4.78, 5) is 9.75. The minimum atomic E-state index is -0.195. The smallest absolute Gasteiger partial charge is 0.191 e. The lowest BCUT2D eigenvalue weighted by molar-refractivity contribution is 0.503. The van der Waals surface area contributed by atoms with E-state index < -0.39 is 0 Å². The summed E-state index contributed by atoms with van der Waals surface area (Å²) in [7, 11) is 1.77. The number of thioether (sulfide) groups is 1. The fraction of sp³-hybridized carbons (Fsp3) is 0.474. The second-order valence-electron chi connectivity index (χ2n) is 6.40. The van der Waals surface area contributed by atoms with Crippen molar-refractivity contribution in [2.24, 2.45) is 10.9 Å². The van der Waals surface area contributed by atoms with E-state index in [0.29, 0.717) is 12.5 Å². The SMILES string of the molecule is CN=C(NCCCSc1ccc(F)cc1)NCc1nccn1CC(C)C. The molecule has 0 aliphatic rings. The number of benzene rings is 1. The van der Waals surface area contributed by atoms with Crippen LogP contribution in [0, 0.1) is 11.7 Å². The second kappa shape index (κ2) is 10.9. The molecule has 7 heteroatoms. The molecule has 0 saturated heterocycles. The summed E-state index contributed by atoms with van der Waals surface area (Å²) in [6.07, 6.45) is 4.84. The van der Waals surface area contributed by atoms with Crippen LogP contribution < -0.4 is 10.6 Å². The predicted octanol–water partition coefficient (Wildman–Crippen LogP) is 3.53. The Morgan fingerprint density at radius 2 is 2.04 bits per heavy atom. The van der Waals surface area contributed by atoms with E-state index in [4.69, 9.17) is 0 Å². The third kappa shape index (κ3) is 7.07.